The number of aliphatic hydroxyl groups excluding tert-OH is 5. The second-order valence-corrected chi connectivity index (χ2v) is 13.7. The van der Waals surface area contributed by atoms with Gasteiger partial charge in [-0.2, -0.15) is 0 Å². The van der Waals surface area contributed by atoms with Crippen molar-refractivity contribution in [2.24, 2.45) is 0 Å². The van der Waals surface area contributed by atoms with Crippen molar-refractivity contribution in [3.8, 4) is 0 Å². The minimum atomic E-state index is -1.56. The Bertz CT molecular complexity index is 751. The Morgan fingerprint density at radius 2 is 1.17 bits per heavy atom. The molecular formula is C38H73NO8. The standard InChI is InChI=1S/C38H73NO8/c1-3-5-7-9-11-13-15-16-18-19-21-23-25-27-32(41)31(30-46-38-37(45)36(44)35(43)33(29-40)47-38)39-34(42)28-26-24-22-20-17-14-12-10-8-6-4-2/h25,27,31-33,35-38,40-41,43-45H,3-24,26,28-30H2,1-2H3,(H,39,42)/t31-,32+,33+,35-,36-,37+,38-/m0/s1. The van der Waals surface area contributed by atoms with E-state index in [0.717, 1.165) is 38.5 Å². The van der Waals surface area contributed by atoms with Gasteiger partial charge < -0.3 is 40.3 Å². The molecule has 0 radical (unpaired) electrons. The van der Waals surface area contributed by atoms with E-state index in [1.807, 2.05) is 6.08 Å². The molecular weight excluding hydrogens is 598 g/mol. The van der Waals surface area contributed by atoms with Gasteiger partial charge in [0.05, 0.1) is 25.4 Å². The van der Waals surface area contributed by atoms with E-state index in [9.17, 15) is 30.3 Å². The summed E-state index contributed by atoms with van der Waals surface area (Å²) < 4.78 is 11.1. The zero-order chi connectivity index (χ0) is 34.5. The van der Waals surface area contributed by atoms with Crippen LogP contribution in [0.15, 0.2) is 12.2 Å². The van der Waals surface area contributed by atoms with Gasteiger partial charge in [-0.3, -0.25) is 4.79 Å². The summed E-state index contributed by atoms with van der Waals surface area (Å²) in [5.41, 5.74) is 0. The Morgan fingerprint density at radius 1 is 0.702 bits per heavy atom. The van der Waals surface area contributed by atoms with Crippen molar-refractivity contribution in [1.29, 1.82) is 0 Å². The Hall–Kier alpha value is -1.07. The summed E-state index contributed by atoms with van der Waals surface area (Å²) in [6, 6.07) is -0.795. The molecule has 6 N–H and O–H groups in total. The fourth-order valence-electron chi connectivity index (χ4n) is 6.15. The van der Waals surface area contributed by atoms with E-state index in [-0.39, 0.29) is 12.5 Å². The molecule has 47 heavy (non-hydrogen) atoms. The molecule has 0 aromatic heterocycles. The molecule has 0 unspecified atom stereocenters. The lowest BCUT2D eigenvalue weighted by molar-refractivity contribution is -0.302. The lowest BCUT2D eigenvalue weighted by Gasteiger charge is -2.40. The Morgan fingerprint density at radius 3 is 1.66 bits per heavy atom. The van der Waals surface area contributed by atoms with Crippen LogP contribution in [0.3, 0.4) is 0 Å². The molecule has 1 amide bonds. The fourth-order valence-corrected chi connectivity index (χ4v) is 6.15. The van der Waals surface area contributed by atoms with Crippen molar-refractivity contribution in [3.63, 3.8) is 0 Å². The molecule has 278 valence electrons. The molecule has 7 atom stereocenters. The zero-order valence-electron chi connectivity index (χ0n) is 30.0. The van der Waals surface area contributed by atoms with Crippen LogP contribution in [0.1, 0.15) is 168 Å². The highest BCUT2D eigenvalue weighted by Crippen LogP contribution is 2.22. The van der Waals surface area contributed by atoms with Gasteiger partial charge in [-0.1, -0.05) is 154 Å². The minimum absolute atomic E-state index is 0.179. The summed E-state index contributed by atoms with van der Waals surface area (Å²) >= 11 is 0. The van der Waals surface area contributed by atoms with Crippen molar-refractivity contribution >= 4 is 5.91 Å². The lowest BCUT2D eigenvalue weighted by Crippen LogP contribution is -2.60. The monoisotopic (exact) mass is 672 g/mol. The number of hydrogen-bond donors (Lipinski definition) is 6. The molecule has 0 aliphatic carbocycles. The number of ether oxygens (including phenoxy) is 2. The first kappa shape index (κ1) is 44.0. The first-order chi connectivity index (χ1) is 22.8. The number of carbonyl (C=O) groups is 1. The van der Waals surface area contributed by atoms with E-state index in [4.69, 9.17) is 9.47 Å². The predicted molar refractivity (Wildman–Crippen MR) is 189 cm³/mol. The summed E-state index contributed by atoms with van der Waals surface area (Å²) in [6.07, 6.45) is 23.9. The van der Waals surface area contributed by atoms with Crippen LogP contribution < -0.4 is 5.32 Å². The van der Waals surface area contributed by atoms with Gasteiger partial charge in [0.2, 0.25) is 5.91 Å². The second-order valence-electron chi connectivity index (χ2n) is 13.7. The summed E-state index contributed by atoms with van der Waals surface area (Å²) in [5, 5.41) is 53.8. The van der Waals surface area contributed by atoms with E-state index >= 15 is 0 Å². The maximum absolute atomic E-state index is 12.8. The molecule has 0 aromatic carbocycles. The van der Waals surface area contributed by atoms with Crippen molar-refractivity contribution in [3.05, 3.63) is 12.2 Å². The van der Waals surface area contributed by atoms with Gasteiger partial charge in [0.15, 0.2) is 6.29 Å². The molecule has 0 bridgehead atoms. The highest BCUT2D eigenvalue weighted by Gasteiger charge is 2.44. The largest absolute Gasteiger partial charge is 0.394 e. The predicted octanol–water partition coefficient (Wildman–Crippen LogP) is 6.61. The van der Waals surface area contributed by atoms with Gasteiger partial charge in [0.25, 0.3) is 0 Å². The highest BCUT2D eigenvalue weighted by atomic mass is 16.7. The summed E-state index contributed by atoms with van der Waals surface area (Å²) in [5.74, 6) is -0.179. The van der Waals surface area contributed by atoms with Crippen LogP contribution in [-0.4, -0.2) is 87.5 Å². The van der Waals surface area contributed by atoms with Crippen LogP contribution in [-0.2, 0) is 14.3 Å². The molecule has 1 aliphatic rings. The molecule has 1 rings (SSSR count). The SMILES string of the molecule is CCCCCCCCCCCCCC=C[C@@H](O)[C@H](CO[C@H]1O[C@H](CO)[C@H](O)[C@H](O)[C@H]1O)NC(=O)CCCCCCCCCCCCC. The number of carbonyl (C=O) groups excluding carboxylic acids is 1. The fraction of sp³-hybridized carbons (Fsp3) is 0.921. The first-order valence-electron chi connectivity index (χ1n) is 19.4. The van der Waals surface area contributed by atoms with E-state index in [2.05, 4.69) is 19.2 Å². The summed E-state index contributed by atoms with van der Waals surface area (Å²) in [6.45, 7) is 3.74. The smallest absolute Gasteiger partial charge is 0.220 e. The van der Waals surface area contributed by atoms with Gasteiger partial charge in [-0.15, -0.1) is 0 Å². The van der Waals surface area contributed by atoms with Crippen LogP contribution >= 0.6 is 0 Å². The average Bonchev–Trinajstić information content (AvgIpc) is 3.07. The molecule has 0 saturated carbocycles. The average molecular weight is 672 g/mol. The number of hydrogen-bond acceptors (Lipinski definition) is 8. The minimum Gasteiger partial charge on any atom is -0.394 e. The molecule has 9 nitrogen and oxygen atoms in total. The van der Waals surface area contributed by atoms with Gasteiger partial charge >= 0.3 is 0 Å². The van der Waals surface area contributed by atoms with E-state index in [0.29, 0.717) is 6.42 Å². The molecule has 1 fully saturated rings. The van der Waals surface area contributed by atoms with Gasteiger partial charge in [0.1, 0.15) is 24.4 Å². The number of rotatable bonds is 31. The van der Waals surface area contributed by atoms with Crippen LogP contribution in [0.2, 0.25) is 0 Å². The third kappa shape index (κ3) is 21.6. The Balaban J connectivity index is 2.46. The quantitative estimate of drug-likeness (QED) is 0.0357. The maximum Gasteiger partial charge on any atom is 0.220 e. The van der Waals surface area contributed by atoms with Crippen LogP contribution in [0.4, 0.5) is 0 Å². The number of aliphatic hydroxyl groups is 5. The number of nitrogens with one attached hydrogen (secondary N) is 1. The van der Waals surface area contributed by atoms with E-state index in [1.54, 1.807) is 6.08 Å². The number of amides is 1. The third-order valence-corrected chi connectivity index (χ3v) is 9.36. The van der Waals surface area contributed by atoms with Crippen molar-refractivity contribution in [1.82, 2.24) is 5.32 Å². The normalized spacial score (nSPS) is 22.9. The van der Waals surface area contributed by atoms with Crippen molar-refractivity contribution in [2.45, 2.75) is 211 Å². The lowest BCUT2D eigenvalue weighted by atomic mass is 9.99. The van der Waals surface area contributed by atoms with Crippen LogP contribution in [0.25, 0.3) is 0 Å². The summed E-state index contributed by atoms with van der Waals surface area (Å²) in [4.78, 5) is 12.8. The molecule has 0 spiro atoms. The molecule has 1 heterocycles. The highest BCUT2D eigenvalue weighted by molar-refractivity contribution is 5.76. The third-order valence-electron chi connectivity index (χ3n) is 9.36. The maximum atomic E-state index is 12.8. The van der Waals surface area contributed by atoms with E-state index < -0.39 is 49.5 Å². The second kappa shape index (κ2) is 29.8. The molecule has 9 heteroatoms. The van der Waals surface area contributed by atoms with Gasteiger partial charge in [0, 0.05) is 6.42 Å². The topological polar surface area (TPSA) is 149 Å². The van der Waals surface area contributed by atoms with Crippen molar-refractivity contribution in [2.75, 3.05) is 13.2 Å². The molecule has 0 aromatic rings. The number of allylic oxidation sites excluding steroid dienone is 1. The Kier molecular flexibility index (Phi) is 27.9. The summed E-state index contributed by atoms with van der Waals surface area (Å²) in [7, 11) is 0. The molecule has 1 aliphatic heterocycles. The van der Waals surface area contributed by atoms with Gasteiger partial charge in [-0.25, -0.2) is 0 Å². The van der Waals surface area contributed by atoms with Crippen LogP contribution in [0.5, 0.6) is 0 Å². The van der Waals surface area contributed by atoms with Crippen LogP contribution in [0, 0.1) is 0 Å². The Labute approximate surface area is 286 Å². The number of unbranched alkanes of at least 4 members (excludes halogenated alkanes) is 21. The first-order valence-corrected chi connectivity index (χ1v) is 19.4. The van der Waals surface area contributed by atoms with Crippen molar-refractivity contribution < 1.29 is 39.8 Å². The zero-order valence-corrected chi connectivity index (χ0v) is 30.0. The van der Waals surface area contributed by atoms with E-state index in [1.165, 1.54) is 109 Å². The molecule has 1 saturated heterocycles. The van der Waals surface area contributed by atoms with Gasteiger partial charge in [-0.05, 0) is 19.3 Å².